The van der Waals surface area contributed by atoms with E-state index >= 15 is 0 Å². The van der Waals surface area contributed by atoms with Crippen LogP contribution in [-0.2, 0) is 6.54 Å². The Morgan fingerprint density at radius 1 is 1.08 bits per heavy atom. The monoisotopic (exact) mass is 366 g/mol. The molecule has 1 heterocycles. The second-order valence-electron chi connectivity index (χ2n) is 5.68. The molecule has 0 spiro atoms. The van der Waals surface area contributed by atoms with Crippen LogP contribution in [0.4, 0.5) is 11.5 Å². The lowest BCUT2D eigenvalue weighted by Gasteiger charge is -2.16. The zero-order chi connectivity index (χ0) is 18.6. The molecular formula is C17H23ClN4O3. The fourth-order valence-corrected chi connectivity index (χ4v) is 2.45. The van der Waals surface area contributed by atoms with Crippen molar-refractivity contribution in [3.05, 3.63) is 28.7 Å². The first kappa shape index (κ1) is 18.9. The van der Waals surface area contributed by atoms with E-state index in [0.29, 0.717) is 41.1 Å². The van der Waals surface area contributed by atoms with Gasteiger partial charge in [0.1, 0.15) is 11.5 Å². The van der Waals surface area contributed by atoms with Gasteiger partial charge in [0, 0.05) is 12.5 Å². The van der Waals surface area contributed by atoms with Gasteiger partial charge >= 0.3 is 0 Å². The van der Waals surface area contributed by atoms with Gasteiger partial charge in [-0.2, -0.15) is 0 Å². The van der Waals surface area contributed by atoms with Gasteiger partial charge in [0.15, 0.2) is 22.5 Å². The molecular weight excluding hydrogens is 344 g/mol. The molecule has 136 valence electrons. The van der Waals surface area contributed by atoms with Crippen LogP contribution < -0.4 is 25.3 Å². The lowest BCUT2D eigenvalue weighted by Crippen LogP contribution is -2.10. The molecule has 0 saturated carbocycles. The Balaban J connectivity index is 2.30. The van der Waals surface area contributed by atoms with Crippen molar-refractivity contribution in [3.63, 3.8) is 0 Å². The fraction of sp³-hybridized carbons (Fsp3) is 0.412. The maximum Gasteiger partial charge on any atom is 0.203 e. The Morgan fingerprint density at radius 2 is 1.68 bits per heavy atom. The Labute approximate surface area is 152 Å². The highest BCUT2D eigenvalue weighted by Crippen LogP contribution is 2.38. The van der Waals surface area contributed by atoms with Gasteiger partial charge in [-0.1, -0.05) is 25.4 Å². The number of hydrogen-bond donors (Lipinski definition) is 2. The minimum absolute atomic E-state index is 0.139. The number of halogens is 1. The summed E-state index contributed by atoms with van der Waals surface area (Å²) in [6.07, 6.45) is 0. The molecule has 3 N–H and O–H groups in total. The molecule has 7 nitrogen and oxygen atoms in total. The Hall–Kier alpha value is -2.41. The van der Waals surface area contributed by atoms with Gasteiger partial charge in [-0.15, -0.1) is 0 Å². The van der Waals surface area contributed by atoms with Crippen LogP contribution in [0.15, 0.2) is 12.1 Å². The summed E-state index contributed by atoms with van der Waals surface area (Å²) in [7, 11) is 4.71. The van der Waals surface area contributed by atoms with E-state index in [9.17, 15) is 0 Å². The second-order valence-corrected chi connectivity index (χ2v) is 6.03. The molecule has 0 aliphatic carbocycles. The standard InChI is InChI=1S/C17H23ClN4O3/c1-9(2)16-21-15(18)13(19)17(22-16)20-8-10-6-11(23-3)14(25-5)12(7-10)24-4/h6-7,9H,8,19H2,1-5H3,(H,20,21,22). The summed E-state index contributed by atoms with van der Waals surface area (Å²) < 4.78 is 16.0. The molecule has 25 heavy (non-hydrogen) atoms. The Bertz CT molecular complexity index is 728. The van der Waals surface area contributed by atoms with E-state index in [1.807, 2.05) is 26.0 Å². The highest BCUT2D eigenvalue weighted by atomic mass is 35.5. The normalized spacial score (nSPS) is 10.7. The molecule has 1 aromatic heterocycles. The van der Waals surface area contributed by atoms with Crippen LogP contribution in [0.25, 0.3) is 0 Å². The number of hydrogen-bond acceptors (Lipinski definition) is 7. The summed E-state index contributed by atoms with van der Waals surface area (Å²) in [6, 6.07) is 3.72. The van der Waals surface area contributed by atoms with Crippen LogP contribution in [0, 0.1) is 0 Å². The molecule has 0 aliphatic rings. The number of nitrogens with zero attached hydrogens (tertiary/aromatic N) is 2. The van der Waals surface area contributed by atoms with Crippen molar-refractivity contribution in [3.8, 4) is 17.2 Å². The third kappa shape index (κ3) is 4.17. The summed E-state index contributed by atoms with van der Waals surface area (Å²) in [5.74, 6) is 2.97. The van der Waals surface area contributed by atoms with Gasteiger partial charge < -0.3 is 25.3 Å². The van der Waals surface area contributed by atoms with Crippen LogP contribution in [0.3, 0.4) is 0 Å². The van der Waals surface area contributed by atoms with Gasteiger partial charge in [0.05, 0.1) is 21.3 Å². The highest BCUT2D eigenvalue weighted by molar-refractivity contribution is 6.32. The summed E-state index contributed by atoms with van der Waals surface area (Å²) in [6.45, 7) is 4.43. The smallest absolute Gasteiger partial charge is 0.203 e. The molecule has 2 rings (SSSR count). The minimum atomic E-state index is 0.139. The zero-order valence-electron chi connectivity index (χ0n) is 15.0. The molecule has 1 aromatic carbocycles. The number of nitrogens with one attached hydrogen (secondary N) is 1. The third-order valence-electron chi connectivity index (χ3n) is 3.62. The molecule has 0 saturated heterocycles. The van der Waals surface area contributed by atoms with Crippen molar-refractivity contribution >= 4 is 23.1 Å². The predicted molar refractivity (Wildman–Crippen MR) is 99.0 cm³/mol. The summed E-state index contributed by atoms with van der Waals surface area (Å²) in [5, 5.41) is 3.43. The van der Waals surface area contributed by atoms with Crippen molar-refractivity contribution in [1.82, 2.24) is 9.97 Å². The molecule has 0 unspecified atom stereocenters. The van der Waals surface area contributed by atoms with E-state index in [0.717, 1.165) is 5.56 Å². The molecule has 0 radical (unpaired) electrons. The molecule has 0 fully saturated rings. The van der Waals surface area contributed by atoms with E-state index < -0.39 is 0 Å². The number of benzene rings is 1. The van der Waals surface area contributed by atoms with Crippen LogP contribution in [-0.4, -0.2) is 31.3 Å². The maximum absolute atomic E-state index is 6.11. The summed E-state index contributed by atoms with van der Waals surface area (Å²) in [4.78, 5) is 8.65. The van der Waals surface area contributed by atoms with Crippen LogP contribution in [0.2, 0.25) is 5.15 Å². The number of nitrogen functional groups attached to an aromatic ring is 1. The number of aromatic nitrogens is 2. The molecule has 2 aromatic rings. The second kappa shape index (κ2) is 8.11. The summed E-state index contributed by atoms with van der Waals surface area (Å²) >= 11 is 6.11. The van der Waals surface area contributed by atoms with E-state index in [2.05, 4.69) is 15.3 Å². The molecule has 0 atom stereocenters. The number of anilines is 2. The predicted octanol–water partition coefficient (Wildman–Crippen LogP) is 3.47. The quantitative estimate of drug-likeness (QED) is 0.725. The van der Waals surface area contributed by atoms with Crippen LogP contribution in [0.1, 0.15) is 31.2 Å². The first-order valence-corrected chi connectivity index (χ1v) is 8.14. The third-order valence-corrected chi connectivity index (χ3v) is 3.91. The number of nitrogens with two attached hydrogens (primary N) is 1. The van der Waals surface area contributed by atoms with E-state index in [1.54, 1.807) is 21.3 Å². The van der Waals surface area contributed by atoms with Crippen LogP contribution in [0.5, 0.6) is 17.2 Å². The van der Waals surface area contributed by atoms with Crippen molar-refractivity contribution in [2.24, 2.45) is 0 Å². The van der Waals surface area contributed by atoms with Gasteiger partial charge in [-0.25, -0.2) is 9.97 Å². The minimum Gasteiger partial charge on any atom is -0.493 e. The average molecular weight is 367 g/mol. The average Bonchev–Trinajstić information content (AvgIpc) is 2.61. The lowest BCUT2D eigenvalue weighted by molar-refractivity contribution is 0.324. The van der Waals surface area contributed by atoms with Gasteiger partial charge in [-0.3, -0.25) is 0 Å². The summed E-state index contributed by atoms with van der Waals surface area (Å²) in [5.41, 5.74) is 7.21. The zero-order valence-corrected chi connectivity index (χ0v) is 15.8. The van der Waals surface area contributed by atoms with E-state index in [4.69, 9.17) is 31.5 Å². The van der Waals surface area contributed by atoms with E-state index in [-0.39, 0.29) is 11.1 Å². The first-order valence-electron chi connectivity index (χ1n) is 7.76. The highest BCUT2D eigenvalue weighted by Gasteiger charge is 2.15. The largest absolute Gasteiger partial charge is 0.493 e. The van der Waals surface area contributed by atoms with Crippen molar-refractivity contribution in [1.29, 1.82) is 0 Å². The topological polar surface area (TPSA) is 91.5 Å². The van der Waals surface area contributed by atoms with Crippen molar-refractivity contribution in [2.45, 2.75) is 26.3 Å². The van der Waals surface area contributed by atoms with Crippen LogP contribution >= 0.6 is 11.6 Å². The molecule has 8 heteroatoms. The number of ether oxygens (including phenoxy) is 3. The fourth-order valence-electron chi connectivity index (χ4n) is 2.27. The van der Waals surface area contributed by atoms with Crippen molar-refractivity contribution in [2.75, 3.05) is 32.4 Å². The molecule has 0 aliphatic heterocycles. The SMILES string of the molecule is COc1cc(CNc2nc(C(C)C)nc(Cl)c2N)cc(OC)c1OC. The Kier molecular flexibility index (Phi) is 6.14. The first-order chi connectivity index (χ1) is 11.9. The number of methoxy groups -OCH3 is 3. The molecule has 0 amide bonds. The Morgan fingerprint density at radius 3 is 2.16 bits per heavy atom. The van der Waals surface area contributed by atoms with Gasteiger partial charge in [0.25, 0.3) is 0 Å². The lowest BCUT2D eigenvalue weighted by atomic mass is 10.1. The molecule has 0 bridgehead atoms. The van der Waals surface area contributed by atoms with Crippen molar-refractivity contribution < 1.29 is 14.2 Å². The van der Waals surface area contributed by atoms with Gasteiger partial charge in [0.2, 0.25) is 5.75 Å². The number of rotatable bonds is 7. The van der Waals surface area contributed by atoms with E-state index in [1.165, 1.54) is 0 Å². The van der Waals surface area contributed by atoms with Gasteiger partial charge in [-0.05, 0) is 17.7 Å². The maximum atomic E-state index is 6.11.